The molecule has 0 fully saturated rings. The first-order valence-electron chi connectivity index (χ1n) is 4.85. The van der Waals surface area contributed by atoms with Gasteiger partial charge in [-0.3, -0.25) is 0 Å². The van der Waals surface area contributed by atoms with Crippen LogP contribution >= 0.6 is 15.9 Å². The number of nitrogens with zero attached hydrogens (tertiary/aromatic N) is 1. The Kier molecular flexibility index (Phi) is 3.24. The molecule has 1 nitrogen and oxygen atoms in total. The van der Waals surface area contributed by atoms with Gasteiger partial charge in [-0.25, -0.2) is 4.98 Å². The summed E-state index contributed by atoms with van der Waals surface area (Å²) in [6.45, 7) is 0. The highest BCUT2D eigenvalue weighted by Crippen LogP contribution is 2.45. The van der Waals surface area contributed by atoms with Crippen molar-refractivity contribution in [2.24, 2.45) is 0 Å². The molecule has 0 radical (unpaired) electrons. The van der Waals surface area contributed by atoms with Crippen molar-refractivity contribution in [2.75, 3.05) is 0 Å². The summed E-state index contributed by atoms with van der Waals surface area (Å²) in [6.07, 6.45) is -10.3. The molecule has 0 bridgehead atoms. The van der Waals surface area contributed by atoms with Gasteiger partial charge >= 0.3 is 12.4 Å². The molecule has 0 saturated carbocycles. The smallest absolute Gasteiger partial charge is 0.243 e. The molecule has 102 valence electrons. The van der Waals surface area contributed by atoms with E-state index in [4.69, 9.17) is 0 Å². The fraction of sp³-hybridized carbons (Fsp3) is 0.182. The molecule has 0 saturated heterocycles. The fourth-order valence-electron chi connectivity index (χ4n) is 1.64. The molecule has 2 rings (SSSR count). The fourth-order valence-corrected chi connectivity index (χ4v) is 2.38. The molecule has 8 heteroatoms. The van der Waals surface area contributed by atoms with Gasteiger partial charge in [-0.1, -0.05) is 18.2 Å². The zero-order valence-corrected chi connectivity index (χ0v) is 10.5. The number of hydrogen-bond donors (Lipinski definition) is 0. The van der Waals surface area contributed by atoms with Crippen LogP contribution in [-0.4, -0.2) is 4.98 Å². The van der Waals surface area contributed by atoms with Gasteiger partial charge in [-0.05, 0) is 22.0 Å². The van der Waals surface area contributed by atoms with E-state index in [1.165, 1.54) is 24.3 Å². The summed E-state index contributed by atoms with van der Waals surface area (Å²) in [6, 6.07) is 5.30. The molecule has 0 unspecified atom stereocenters. The molecule has 0 atom stereocenters. The molecule has 1 aromatic heterocycles. The van der Waals surface area contributed by atoms with Gasteiger partial charge in [0.05, 0.1) is 5.52 Å². The highest BCUT2D eigenvalue weighted by Gasteiger charge is 2.46. The number of pyridine rings is 1. The Bertz CT molecular complexity index is 631. The highest BCUT2D eigenvalue weighted by atomic mass is 79.9. The maximum Gasteiger partial charge on any atom is 0.434 e. The second-order valence-corrected chi connectivity index (χ2v) is 4.46. The summed E-state index contributed by atoms with van der Waals surface area (Å²) in [4.78, 5) is 3.10. The Morgan fingerprint density at radius 3 is 2.00 bits per heavy atom. The average molecular weight is 344 g/mol. The van der Waals surface area contributed by atoms with E-state index in [2.05, 4.69) is 20.9 Å². The van der Waals surface area contributed by atoms with Gasteiger partial charge in [-0.15, -0.1) is 0 Å². The summed E-state index contributed by atoms with van der Waals surface area (Å²) >= 11 is 2.60. The van der Waals surface area contributed by atoms with Crippen LogP contribution in [0.1, 0.15) is 11.3 Å². The van der Waals surface area contributed by atoms with E-state index in [-0.39, 0.29) is 10.9 Å². The van der Waals surface area contributed by atoms with Gasteiger partial charge < -0.3 is 0 Å². The van der Waals surface area contributed by atoms with Crippen LogP contribution in [0.5, 0.6) is 0 Å². The van der Waals surface area contributed by atoms with Crippen LogP contribution in [0.4, 0.5) is 26.3 Å². The van der Waals surface area contributed by atoms with Crippen molar-refractivity contribution in [3.8, 4) is 0 Å². The zero-order valence-electron chi connectivity index (χ0n) is 8.90. The van der Waals surface area contributed by atoms with Crippen molar-refractivity contribution in [1.82, 2.24) is 4.98 Å². The molecule has 1 aromatic carbocycles. The van der Waals surface area contributed by atoms with Gasteiger partial charge in [0.15, 0.2) is 5.69 Å². The minimum Gasteiger partial charge on any atom is -0.243 e. The normalized spacial score (nSPS) is 13.0. The number of fused-ring (bicyclic) bond motifs is 1. The molecule has 1 heterocycles. The largest absolute Gasteiger partial charge is 0.434 e. The predicted molar refractivity (Wildman–Crippen MR) is 59.4 cm³/mol. The second kappa shape index (κ2) is 4.36. The molecule has 0 aliphatic heterocycles. The number of hydrogen-bond acceptors (Lipinski definition) is 1. The minimum absolute atomic E-state index is 0.0252. The number of benzene rings is 1. The first-order valence-corrected chi connectivity index (χ1v) is 5.64. The third-order valence-electron chi connectivity index (χ3n) is 2.38. The van der Waals surface area contributed by atoms with Crippen molar-refractivity contribution < 1.29 is 26.3 Å². The summed E-state index contributed by atoms with van der Waals surface area (Å²) in [5.74, 6) is 0. The van der Waals surface area contributed by atoms with Crippen LogP contribution in [0, 0.1) is 0 Å². The van der Waals surface area contributed by atoms with Crippen molar-refractivity contribution in [1.29, 1.82) is 0 Å². The number of aromatic nitrogens is 1. The highest BCUT2D eigenvalue weighted by molar-refractivity contribution is 9.10. The number of para-hydroxylation sites is 1. The lowest BCUT2D eigenvalue weighted by atomic mass is 10.1. The molecule has 2 aromatic rings. The van der Waals surface area contributed by atoms with E-state index < -0.39 is 28.1 Å². The third kappa shape index (κ3) is 2.54. The minimum atomic E-state index is -5.18. The molecule has 0 aliphatic carbocycles. The maximum absolute atomic E-state index is 12.8. The zero-order chi connectivity index (χ0) is 14.4. The predicted octanol–water partition coefficient (Wildman–Crippen LogP) is 5.03. The van der Waals surface area contributed by atoms with Gasteiger partial charge in [0.2, 0.25) is 0 Å². The molecule has 0 N–H and O–H groups in total. The van der Waals surface area contributed by atoms with Crippen LogP contribution in [0.15, 0.2) is 28.7 Å². The Labute approximate surface area is 111 Å². The molecule has 0 aliphatic rings. The Morgan fingerprint density at radius 2 is 1.47 bits per heavy atom. The lowest BCUT2D eigenvalue weighted by Crippen LogP contribution is -2.19. The topological polar surface area (TPSA) is 12.9 Å². The van der Waals surface area contributed by atoms with Crippen LogP contribution in [0.3, 0.4) is 0 Å². The van der Waals surface area contributed by atoms with Gasteiger partial charge in [0.1, 0.15) is 5.56 Å². The van der Waals surface area contributed by atoms with Crippen LogP contribution in [0.2, 0.25) is 0 Å². The number of halogens is 7. The van der Waals surface area contributed by atoms with E-state index in [1.54, 1.807) is 0 Å². The molecule has 19 heavy (non-hydrogen) atoms. The van der Waals surface area contributed by atoms with Gasteiger partial charge in [0.25, 0.3) is 0 Å². The van der Waals surface area contributed by atoms with E-state index in [9.17, 15) is 26.3 Å². The first kappa shape index (κ1) is 14.1. The van der Waals surface area contributed by atoms with Crippen molar-refractivity contribution in [2.45, 2.75) is 12.4 Å². The lowest BCUT2D eigenvalue weighted by molar-refractivity contribution is -0.164. The SMILES string of the molecule is FC(F)(F)c1nc2ccccc2c(Br)c1C(F)(F)F. The summed E-state index contributed by atoms with van der Waals surface area (Å²) in [5, 5.41) is -0.0252. The van der Waals surface area contributed by atoms with Crippen molar-refractivity contribution in [3.63, 3.8) is 0 Å². The third-order valence-corrected chi connectivity index (χ3v) is 3.20. The summed E-state index contributed by atoms with van der Waals surface area (Å²) in [5.41, 5.74) is -3.90. The Morgan fingerprint density at radius 1 is 0.895 bits per heavy atom. The molecular formula is C11H4BrF6N. The van der Waals surface area contributed by atoms with E-state index in [0.717, 1.165) is 0 Å². The first-order chi connectivity index (χ1) is 8.62. The van der Waals surface area contributed by atoms with Crippen LogP contribution in [-0.2, 0) is 12.4 Å². The van der Waals surface area contributed by atoms with E-state index in [1.807, 2.05) is 0 Å². The Hall–Kier alpha value is -1.31. The average Bonchev–Trinajstić information content (AvgIpc) is 2.26. The monoisotopic (exact) mass is 343 g/mol. The number of rotatable bonds is 0. The van der Waals surface area contributed by atoms with Gasteiger partial charge in [0, 0.05) is 9.86 Å². The lowest BCUT2D eigenvalue weighted by Gasteiger charge is -2.17. The Balaban J connectivity index is 2.93. The van der Waals surface area contributed by atoms with Crippen LogP contribution in [0.25, 0.3) is 10.9 Å². The van der Waals surface area contributed by atoms with Crippen molar-refractivity contribution >= 4 is 26.8 Å². The van der Waals surface area contributed by atoms with Crippen LogP contribution < -0.4 is 0 Å². The second-order valence-electron chi connectivity index (χ2n) is 3.66. The maximum atomic E-state index is 12.8. The van der Waals surface area contributed by atoms with Gasteiger partial charge in [-0.2, -0.15) is 26.3 Å². The molecule has 0 amide bonds. The summed E-state index contributed by atoms with van der Waals surface area (Å²) < 4.78 is 75.8. The van der Waals surface area contributed by atoms with E-state index in [0.29, 0.717) is 0 Å². The quantitative estimate of drug-likeness (QED) is 0.611. The number of alkyl halides is 6. The summed E-state index contributed by atoms with van der Waals surface area (Å²) in [7, 11) is 0. The standard InChI is InChI=1S/C11H4BrF6N/c12-8-5-3-1-2-4-6(5)19-9(11(16,17)18)7(8)10(13,14)15/h1-4H. The van der Waals surface area contributed by atoms with E-state index >= 15 is 0 Å². The molecule has 0 spiro atoms. The van der Waals surface area contributed by atoms with Crippen molar-refractivity contribution in [3.05, 3.63) is 40.0 Å². The molecular weight excluding hydrogens is 340 g/mol.